The Labute approximate surface area is 244 Å². The maximum atomic E-state index is 14.0. The molecule has 1 fully saturated rings. The lowest BCUT2D eigenvalue weighted by Gasteiger charge is -2.48. The van der Waals surface area contributed by atoms with Crippen LogP contribution in [0.25, 0.3) is 11.1 Å². The molecule has 0 N–H and O–H groups in total. The molecular formula is C28H27F5N4O5S. The number of hydrogen-bond acceptors (Lipinski definition) is 8. The highest BCUT2D eigenvalue weighted by atomic mass is 32.2. The standard InChI is InChI=1S/C28H27F5N4O5S/c1-41-25(38)8-9-35-10-11-36-21(16-35)17-37(43(39,40)23-7-3-5-20(14-23)28(31,32)33)24-13-19(15-34-26(24)36)18-4-2-6-22(12-18)42-27(29)30/h2-7,12-15,21,27H,8-11,16-17H2,1H3/t21-/m0/s1. The van der Waals surface area contributed by atoms with Gasteiger partial charge in [0, 0.05) is 37.9 Å². The minimum absolute atomic E-state index is 0.109. The summed E-state index contributed by atoms with van der Waals surface area (Å²) >= 11 is 0. The average molecular weight is 627 g/mol. The molecule has 0 amide bonds. The average Bonchev–Trinajstić information content (AvgIpc) is 2.98. The SMILES string of the molecule is COC(=O)CCN1CCN2c3ncc(-c4cccc(OC(F)F)c4)cc3N(S(=O)(=O)c3cccc(C(F)(F)F)c3)C[C@@H]2C1. The van der Waals surface area contributed by atoms with Gasteiger partial charge in [-0.3, -0.25) is 14.0 Å². The number of hydrogen-bond donors (Lipinski definition) is 0. The van der Waals surface area contributed by atoms with Crippen LogP contribution in [0, 0.1) is 0 Å². The summed E-state index contributed by atoms with van der Waals surface area (Å²) in [4.78, 5) is 19.6. The van der Waals surface area contributed by atoms with Gasteiger partial charge in [0.05, 0.1) is 42.3 Å². The van der Waals surface area contributed by atoms with Crippen LogP contribution in [-0.2, 0) is 25.7 Å². The van der Waals surface area contributed by atoms with Crippen LogP contribution < -0.4 is 13.9 Å². The monoisotopic (exact) mass is 626 g/mol. The largest absolute Gasteiger partial charge is 0.469 e. The van der Waals surface area contributed by atoms with Crippen molar-refractivity contribution in [2.45, 2.75) is 30.1 Å². The number of halogens is 5. The normalized spacial score (nSPS) is 17.4. The lowest BCUT2D eigenvalue weighted by Crippen LogP contribution is -2.61. The summed E-state index contributed by atoms with van der Waals surface area (Å²) in [5.74, 6) is -0.188. The van der Waals surface area contributed by atoms with Gasteiger partial charge < -0.3 is 14.4 Å². The first-order valence-electron chi connectivity index (χ1n) is 13.2. The van der Waals surface area contributed by atoms with Crippen LogP contribution >= 0.6 is 0 Å². The zero-order valence-electron chi connectivity index (χ0n) is 22.8. The summed E-state index contributed by atoms with van der Waals surface area (Å²) in [5.41, 5.74) is -0.173. The number of alkyl halides is 5. The lowest BCUT2D eigenvalue weighted by atomic mass is 10.0. The van der Waals surface area contributed by atoms with E-state index in [1.807, 2.05) is 9.80 Å². The van der Waals surface area contributed by atoms with Crippen molar-refractivity contribution in [2.24, 2.45) is 0 Å². The maximum absolute atomic E-state index is 14.0. The Morgan fingerprint density at radius 1 is 1.05 bits per heavy atom. The fourth-order valence-corrected chi connectivity index (χ4v) is 6.79. The molecule has 0 radical (unpaired) electrons. The van der Waals surface area contributed by atoms with Gasteiger partial charge in [0.25, 0.3) is 10.0 Å². The molecule has 9 nitrogen and oxygen atoms in total. The first-order valence-corrected chi connectivity index (χ1v) is 14.6. The fourth-order valence-electron chi connectivity index (χ4n) is 5.25. The number of esters is 1. The molecule has 2 aliphatic heterocycles. The van der Waals surface area contributed by atoms with Gasteiger partial charge in [-0.05, 0) is 42.0 Å². The van der Waals surface area contributed by atoms with Crippen molar-refractivity contribution in [3.8, 4) is 16.9 Å². The number of ether oxygens (including phenoxy) is 2. The molecule has 0 unspecified atom stereocenters. The molecule has 1 saturated heterocycles. The number of fused-ring (bicyclic) bond motifs is 3. The van der Waals surface area contributed by atoms with Crippen molar-refractivity contribution < 1.29 is 44.6 Å². The summed E-state index contributed by atoms with van der Waals surface area (Å²) in [6.07, 6.45) is -3.14. The molecule has 2 aromatic carbocycles. The number of nitrogens with zero attached hydrogens (tertiary/aromatic N) is 4. The summed E-state index contributed by atoms with van der Waals surface area (Å²) in [7, 11) is -3.24. The minimum Gasteiger partial charge on any atom is -0.469 e. The van der Waals surface area contributed by atoms with Gasteiger partial charge in [-0.1, -0.05) is 18.2 Å². The molecule has 1 atom stereocenters. The Bertz CT molecular complexity index is 1600. The van der Waals surface area contributed by atoms with Gasteiger partial charge in [-0.2, -0.15) is 22.0 Å². The van der Waals surface area contributed by atoms with Crippen LogP contribution in [0.15, 0.2) is 65.7 Å². The molecule has 15 heteroatoms. The van der Waals surface area contributed by atoms with E-state index in [-0.39, 0.29) is 30.4 Å². The smallest absolute Gasteiger partial charge is 0.416 e. The van der Waals surface area contributed by atoms with Gasteiger partial charge in [0.1, 0.15) is 5.75 Å². The number of sulfonamides is 1. The molecule has 0 aliphatic carbocycles. The van der Waals surface area contributed by atoms with E-state index < -0.39 is 39.3 Å². The highest BCUT2D eigenvalue weighted by molar-refractivity contribution is 7.92. The first kappa shape index (κ1) is 30.5. The van der Waals surface area contributed by atoms with Gasteiger partial charge in [0.15, 0.2) is 5.82 Å². The molecule has 2 aliphatic rings. The molecular weight excluding hydrogens is 599 g/mol. The third-order valence-electron chi connectivity index (χ3n) is 7.33. The van der Waals surface area contributed by atoms with Crippen LogP contribution in [0.2, 0.25) is 0 Å². The third kappa shape index (κ3) is 6.51. The van der Waals surface area contributed by atoms with Crippen LogP contribution in [0.3, 0.4) is 0 Å². The van der Waals surface area contributed by atoms with Crippen molar-refractivity contribution in [1.29, 1.82) is 0 Å². The second-order valence-corrected chi connectivity index (χ2v) is 11.9. The number of piperazine rings is 1. The van der Waals surface area contributed by atoms with E-state index in [0.29, 0.717) is 49.2 Å². The molecule has 0 saturated carbocycles. The predicted octanol–water partition coefficient (Wildman–Crippen LogP) is 4.63. The van der Waals surface area contributed by atoms with Crippen molar-refractivity contribution in [3.05, 3.63) is 66.4 Å². The van der Waals surface area contributed by atoms with Gasteiger partial charge in [-0.15, -0.1) is 0 Å². The molecule has 0 spiro atoms. The molecule has 230 valence electrons. The van der Waals surface area contributed by atoms with E-state index in [4.69, 9.17) is 4.74 Å². The van der Waals surface area contributed by atoms with Crippen LogP contribution in [0.5, 0.6) is 5.75 Å². The third-order valence-corrected chi connectivity index (χ3v) is 9.11. The zero-order chi connectivity index (χ0) is 30.9. The number of aromatic nitrogens is 1. The van der Waals surface area contributed by atoms with E-state index in [9.17, 15) is 35.2 Å². The number of anilines is 2. The van der Waals surface area contributed by atoms with E-state index in [2.05, 4.69) is 9.72 Å². The Morgan fingerprint density at radius 3 is 2.53 bits per heavy atom. The van der Waals surface area contributed by atoms with Gasteiger partial charge in [-0.25, -0.2) is 13.4 Å². The van der Waals surface area contributed by atoms with E-state index in [1.165, 1.54) is 37.6 Å². The van der Waals surface area contributed by atoms with E-state index >= 15 is 0 Å². The molecule has 0 bridgehead atoms. The maximum Gasteiger partial charge on any atom is 0.416 e. The number of benzene rings is 2. The molecule has 3 heterocycles. The summed E-state index contributed by atoms with van der Waals surface area (Å²) < 4.78 is 104. The number of methoxy groups -OCH3 is 1. The molecule has 3 aromatic rings. The topological polar surface area (TPSA) is 92.3 Å². The predicted molar refractivity (Wildman–Crippen MR) is 146 cm³/mol. The Balaban J connectivity index is 1.56. The van der Waals surface area contributed by atoms with Gasteiger partial charge in [0.2, 0.25) is 0 Å². The second kappa shape index (κ2) is 12.0. The molecule has 1 aromatic heterocycles. The van der Waals surface area contributed by atoms with Crippen molar-refractivity contribution in [1.82, 2.24) is 9.88 Å². The van der Waals surface area contributed by atoms with Crippen molar-refractivity contribution in [3.63, 3.8) is 0 Å². The second-order valence-electron chi connectivity index (χ2n) is 10.0. The summed E-state index contributed by atoms with van der Waals surface area (Å²) in [5, 5.41) is 0. The quantitative estimate of drug-likeness (QED) is 0.264. The Hall–Kier alpha value is -3.98. The fraction of sp³-hybridized carbons (Fsp3) is 0.357. The van der Waals surface area contributed by atoms with E-state index in [0.717, 1.165) is 22.5 Å². The molecule has 43 heavy (non-hydrogen) atoms. The van der Waals surface area contributed by atoms with Gasteiger partial charge >= 0.3 is 18.8 Å². The Kier molecular flexibility index (Phi) is 8.47. The van der Waals surface area contributed by atoms with Crippen molar-refractivity contribution in [2.75, 3.05) is 49.0 Å². The van der Waals surface area contributed by atoms with Crippen LogP contribution in [0.1, 0.15) is 12.0 Å². The Morgan fingerprint density at radius 2 is 1.81 bits per heavy atom. The number of rotatable bonds is 8. The summed E-state index contributed by atoms with van der Waals surface area (Å²) in [6, 6.07) is 10.4. The highest BCUT2D eigenvalue weighted by Gasteiger charge is 2.41. The van der Waals surface area contributed by atoms with E-state index in [1.54, 1.807) is 6.07 Å². The van der Waals surface area contributed by atoms with Crippen LogP contribution in [-0.4, -0.2) is 76.8 Å². The lowest BCUT2D eigenvalue weighted by molar-refractivity contribution is -0.141. The number of pyridine rings is 1. The zero-order valence-corrected chi connectivity index (χ0v) is 23.6. The highest BCUT2D eigenvalue weighted by Crippen LogP contribution is 2.41. The first-order chi connectivity index (χ1) is 20.4. The van der Waals surface area contributed by atoms with Crippen molar-refractivity contribution >= 4 is 27.5 Å². The summed E-state index contributed by atoms with van der Waals surface area (Å²) in [6.45, 7) is -1.42. The van der Waals surface area contributed by atoms with Crippen LogP contribution in [0.4, 0.5) is 33.5 Å². The minimum atomic E-state index is -4.76. The molecule has 5 rings (SSSR count). The number of carbonyl (C=O) groups is 1. The number of carbonyl (C=O) groups excluding carboxylic acids is 1.